The maximum absolute atomic E-state index is 12.2. The van der Waals surface area contributed by atoms with Crippen LogP contribution in [0.2, 0.25) is 0 Å². The van der Waals surface area contributed by atoms with Gasteiger partial charge in [-0.15, -0.1) is 0 Å². The van der Waals surface area contributed by atoms with Crippen LogP contribution in [0, 0.1) is 5.92 Å². The van der Waals surface area contributed by atoms with E-state index in [1.807, 2.05) is 0 Å². The monoisotopic (exact) mass is 345 g/mol. The molecule has 0 spiro atoms. The van der Waals surface area contributed by atoms with Crippen molar-refractivity contribution in [1.29, 1.82) is 0 Å². The van der Waals surface area contributed by atoms with Crippen LogP contribution in [0.1, 0.15) is 46.0 Å². The molecule has 25 heavy (non-hydrogen) atoms. The van der Waals surface area contributed by atoms with E-state index in [2.05, 4.69) is 17.6 Å². The summed E-state index contributed by atoms with van der Waals surface area (Å²) in [6, 6.07) is 7.08. The fraction of sp³-hybridized carbons (Fsp3) is 0.526. The van der Waals surface area contributed by atoms with Crippen LogP contribution in [-0.2, 0) is 14.4 Å². The summed E-state index contributed by atoms with van der Waals surface area (Å²) in [5.74, 6) is -0.519. The number of carbonyl (C=O) groups excluding carboxylic acids is 3. The Hall–Kier alpha value is -2.37. The minimum absolute atomic E-state index is 0.0396. The predicted molar refractivity (Wildman–Crippen MR) is 98.4 cm³/mol. The first-order chi connectivity index (χ1) is 12.0. The summed E-state index contributed by atoms with van der Waals surface area (Å²) < 4.78 is 0. The first kappa shape index (κ1) is 19.0. The lowest BCUT2D eigenvalue weighted by atomic mass is 10.1. The highest BCUT2D eigenvalue weighted by atomic mass is 16.2. The van der Waals surface area contributed by atoms with E-state index in [4.69, 9.17) is 0 Å². The molecular formula is C19H27N3O3. The fourth-order valence-electron chi connectivity index (χ4n) is 2.97. The number of hydrogen-bond donors (Lipinski definition) is 2. The molecule has 1 heterocycles. The molecule has 1 aromatic rings. The topological polar surface area (TPSA) is 78.5 Å². The number of nitrogens with zero attached hydrogens (tertiary/aromatic N) is 1. The lowest BCUT2D eigenvalue weighted by Gasteiger charge is -2.17. The van der Waals surface area contributed by atoms with Crippen LogP contribution in [0.3, 0.4) is 0 Å². The molecule has 1 aliphatic rings. The maximum Gasteiger partial charge on any atom is 0.227 e. The second-order valence-corrected chi connectivity index (χ2v) is 6.49. The maximum atomic E-state index is 12.2. The molecule has 1 aliphatic heterocycles. The normalized spacial score (nSPS) is 16.8. The van der Waals surface area contributed by atoms with Crippen molar-refractivity contribution in [3.05, 3.63) is 24.3 Å². The number of anilines is 2. The van der Waals surface area contributed by atoms with Crippen molar-refractivity contribution in [2.75, 3.05) is 23.3 Å². The summed E-state index contributed by atoms with van der Waals surface area (Å²) in [5, 5.41) is 5.63. The van der Waals surface area contributed by atoms with E-state index >= 15 is 0 Å². The average molecular weight is 345 g/mol. The van der Waals surface area contributed by atoms with Crippen LogP contribution in [0.5, 0.6) is 0 Å². The van der Waals surface area contributed by atoms with Gasteiger partial charge in [0.25, 0.3) is 0 Å². The highest BCUT2D eigenvalue weighted by Crippen LogP contribution is 2.26. The molecule has 0 aromatic heterocycles. The second-order valence-electron chi connectivity index (χ2n) is 6.49. The Labute approximate surface area is 149 Å². The second kappa shape index (κ2) is 9.20. The standard InChI is InChI=1S/C19H27N3O3/c1-3-4-5-6-11-20-19(25)15-12-18(24)22(13-15)17-9-7-16(8-10-17)21-14(2)23/h7-10,15H,3-6,11-13H2,1-2H3,(H,20,25)(H,21,23). The Balaban J connectivity index is 1.86. The zero-order valence-corrected chi connectivity index (χ0v) is 15.0. The molecule has 1 aromatic carbocycles. The van der Waals surface area contributed by atoms with Gasteiger partial charge in [0.05, 0.1) is 5.92 Å². The van der Waals surface area contributed by atoms with E-state index in [-0.39, 0.29) is 30.1 Å². The molecule has 2 N–H and O–H groups in total. The molecule has 3 amide bonds. The predicted octanol–water partition coefficient (Wildman–Crippen LogP) is 2.69. The third-order valence-electron chi connectivity index (χ3n) is 4.32. The zero-order chi connectivity index (χ0) is 18.2. The molecule has 2 rings (SSSR count). The number of unbranched alkanes of at least 4 members (excludes halogenated alkanes) is 3. The molecule has 6 heteroatoms. The molecule has 1 saturated heterocycles. The van der Waals surface area contributed by atoms with Gasteiger partial charge in [-0.05, 0) is 30.7 Å². The van der Waals surface area contributed by atoms with Gasteiger partial charge in [0.1, 0.15) is 0 Å². The summed E-state index contributed by atoms with van der Waals surface area (Å²) in [6.45, 7) is 4.68. The van der Waals surface area contributed by atoms with E-state index in [1.54, 1.807) is 29.2 Å². The van der Waals surface area contributed by atoms with Crippen molar-refractivity contribution in [1.82, 2.24) is 5.32 Å². The van der Waals surface area contributed by atoms with E-state index < -0.39 is 0 Å². The minimum Gasteiger partial charge on any atom is -0.356 e. The molecule has 0 aliphatic carbocycles. The van der Waals surface area contributed by atoms with E-state index in [9.17, 15) is 14.4 Å². The first-order valence-electron chi connectivity index (χ1n) is 8.97. The summed E-state index contributed by atoms with van der Waals surface area (Å²) in [5.41, 5.74) is 1.43. The molecule has 0 saturated carbocycles. The van der Waals surface area contributed by atoms with E-state index in [1.165, 1.54) is 19.8 Å². The number of hydrogen-bond acceptors (Lipinski definition) is 3. The molecule has 0 bridgehead atoms. The quantitative estimate of drug-likeness (QED) is 0.711. The van der Waals surface area contributed by atoms with Crippen molar-refractivity contribution in [2.24, 2.45) is 5.92 Å². The van der Waals surface area contributed by atoms with Gasteiger partial charge in [0.2, 0.25) is 17.7 Å². The minimum atomic E-state index is -0.298. The summed E-state index contributed by atoms with van der Waals surface area (Å²) >= 11 is 0. The van der Waals surface area contributed by atoms with Crippen LogP contribution in [0.15, 0.2) is 24.3 Å². The van der Waals surface area contributed by atoms with Crippen molar-refractivity contribution in [3.8, 4) is 0 Å². The molecule has 1 fully saturated rings. The third-order valence-corrected chi connectivity index (χ3v) is 4.32. The Morgan fingerprint density at radius 1 is 1.16 bits per heavy atom. The van der Waals surface area contributed by atoms with Crippen molar-refractivity contribution < 1.29 is 14.4 Å². The summed E-state index contributed by atoms with van der Waals surface area (Å²) in [4.78, 5) is 37.2. The smallest absolute Gasteiger partial charge is 0.227 e. The van der Waals surface area contributed by atoms with Gasteiger partial charge in [-0.2, -0.15) is 0 Å². The van der Waals surface area contributed by atoms with Gasteiger partial charge in [0.15, 0.2) is 0 Å². The molecule has 6 nitrogen and oxygen atoms in total. The Morgan fingerprint density at radius 3 is 2.52 bits per heavy atom. The lowest BCUT2D eigenvalue weighted by molar-refractivity contribution is -0.126. The van der Waals surface area contributed by atoms with Gasteiger partial charge in [-0.25, -0.2) is 0 Å². The summed E-state index contributed by atoms with van der Waals surface area (Å²) in [6.07, 6.45) is 4.69. The first-order valence-corrected chi connectivity index (χ1v) is 8.97. The van der Waals surface area contributed by atoms with Gasteiger partial charge < -0.3 is 15.5 Å². The Morgan fingerprint density at radius 2 is 1.88 bits per heavy atom. The van der Waals surface area contributed by atoms with Crippen LogP contribution >= 0.6 is 0 Å². The molecule has 0 radical (unpaired) electrons. The largest absolute Gasteiger partial charge is 0.356 e. The van der Waals surface area contributed by atoms with Gasteiger partial charge in [0, 0.05) is 37.8 Å². The van der Waals surface area contributed by atoms with Gasteiger partial charge in [-0.3, -0.25) is 14.4 Å². The van der Waals surface area contributed by atoms with Crippen LogP contribution in [0.25, 0.3) is 0 Å². The summed E-state index contributed by atoms with van der Waals surface area (Å²) in [7, 11) is 0. The number of benzene rings is 1. The highest BCUT2D eigenvalue weighted by Gasteiger charge is 2.34. The van der Waals surface area contributed by atoms with Crippen molar-refractivity contribution >= 4 is 29.1 Å². The van der Waals surface area contributed by atoms with E-state index in [0.29, 0.717) is 18.8 Å². The molecule has 1 unspecified atom stereocenters. The molecular weight excluding hydrogens is 318 g/mol. The average Bonchev–Trinajstić information content (AvgIpc) is 2.96. The number of nitrogens with one attached hydrogen (secondary N) is 2. The molecule has 1 atom stereocenters. The van der Waals surface area contributed by atoms with E-state index in [0.717, 1.165) is 18.5 Å². The lowest BCUT2D eigenvalue weighted by Crippen LogP contribution is -2.33. The SMILES string of the molecule is CCCCCCNC(=O)C1CC(=O)N(c2ccc(NC(C)=O)cc2)C1. The number of amides is 3. The van der Waals surface area contributed by atoms with Gasteiger partial charge >= 0.3 is 0 Å². The van der Waals surface area contributed by atoms with Crippen molar-refractivity contribution in [2.45, 2.75) is 46.0 Å². The van der Waals surface area contributed by atoms with Crippen LogP contribution < -0.4 is 15.5 Å². The van der Waals surface area contributed by atoms with Gasteiger partial charge in [-0.1, -0.05) is 26.2 Å². The Bertz CT molecular complexity index is 613. The van der Waals surface area contributed by atoms with Crippen molar-refractivity contribution in [3.63, 3.8) is 0 Å². The van der Waals surface area contributed by atoms with Crippen LogP contribution in [-0.4, -0.2) is 30.8 Å². The highest BCUT2D eigenvalue weighted by molar-refractivity contribution is 6.00. The third kappa shape index (κ3) is 5.59. The molecule has 136 valence electrons. The zero-order valence-electron chi connectivity index (χ0n) is 15.0. The number of carbonyl (C=O) groups is 3. The number of rotatable bonds is 8. The Kier molecular flexibility index (Phi) is 6.98. The fourth-order valence-corrected chi connectivity index (χ4v) is 2.97. The van der Waals surface area contributed by atoms with Crippen LogP contribution in [0.4, 0.5) is 11.4 Å².